The first-order valence-electron chi connectivity index (χ1n) is 8.37. The van der Waals surface area contributed by atoms with Gasteiger partial charge in [-0.3, -0.25) is 4.90 Å². The van der Waals surface area contributed by atoms with Crippen molar-refractivity contribution in [3.63, 3.8) is 0 Å². The van der Waals surface area contributed by atoms with E-state index in [-0.39, 0.29) is 0 Å². The average molecular weight is 290 g/mol. The van der Waals surface area contributed by atoms with Crippen LogP contribution < -0.4 is 5.32 Å². The van der Waals surface area contributed by atoms with Gasteiger partial charge in [0, 0.05) is 25.7 Å². The Morgan fingerprint density at radius 3 is 2.86 bits per heavy atom. The Bertz CT molecular complexity index is 419. The molecule has 2 atom stereocenters. The van der Waals surface area contributed by atoms with Gasteiger partial charge in [-0.2, -0.15) is 0 Å². The third kappa shape index (κ3) is 4.80. The van der Waals surface area contributed by atoms with E-state index in [9.17, 15) is 0 Å². The van der Waals surface area contributed by atoms with Crippen LogP contribution in [0.3, 0.4) is 0 Å². The van der Waals surface area contributed by atoms with E-state index in [1.807, 2.05) is 0 Å². The highest BCUT2D eigenvalue weighted by molar-refractivity contribution is 5.29. The largest absolute Gasteiger partial charge is 0.377 e. The number of nitrogens with one attached hydrogen (secondary N) is 1. The molecule has 2 rings (SSSR count). The molecular weight excluding hydrogens is 260 g/mol. The molecule has 0 spiro atoms. The van der Waals surface area contributed by atoms with E-state index in [4.69, 9.17) is 4.74 Å². The van der Waals surface area contributed by atoms with Crippen molar-refractivity contribution in [1.29, 1.82) is 0 Å². The summed E-state index contributed by atoms with van der Waals surface area (Å²) >= 11 is 0. The summed E-state index contributed by atoms with van der Waals surface area (Å²) < 4.78 is 5.82. The predicted molar refractivity (Wildman–Crippen MR) is 88.7 cm³/mol. The molecule has 0 radical (unpaired) electrons. The van der Waals surface area contributed by atoms with Crippen LogP contribution in [0.15, 0.2) is 24.3 Å². The lowest BCUT2D eigenvalue weighted by molar-refractivity contribution is 0.00351. The molecule has 1 saturated heterocycles. The molecule has 118 valence electrons. The fourth-order valence-corrected chi connectivity index (χ4v) is 3.31. The van der Waals surface area contributed by atoms with E-state index < -0.39 is 0 Å². The average Bonchev–Trinajstić information content (AvgIpc) is 2.48. The molecule has 0 saturated carbocycles. The number of likely N-dealkylation sites (tertiary alicyclic amines) is 1. The van der Waals surface area contributed by atoms with Gasteiger partial charge in [0.25, 0.3) is 0 Å². The highest BCUT2D eigenvalue weighted by Gasteiger charge is 2.23. The van der Waals surface area contributed by atoms with Gasteiger partial charge >= 0.3 is 0 Å². The summed E-state index contributed by atoms with van der Waals surface area (Å²) in [6.07, 6.45) is 2.88. The van der Waals surface area contributed by atoms with Crippen LogP contribution in [0.2, 0.25) is 0 Å². The number of likely N-dealkylation sites (N-methyl/N-ethyl adjacent to an activating group) is 1. The number of ether oxygens (including phenoxy) is 1. The van der Waals surface area contributed by atoms with Crippen LogP contribution in [0, 0.1) is 6.92 Å². The zero-order valence-corrected chi connectivity index (χ0v) is 13.8. The van der Waals surface area contributed by atoms with Gasteiger partial charge in [-0.25, -0.2) is 0 Å². The highest BCUT2D eigenvalue weighted by atomic mass is 16.5. The zero-order valence-electron chi connectivity index (χ0n) is 13.8. The Hall–Kier alpha value is -0.900. The third-order valence-corrected chi connectivity index (χ3v) is 4.32. The van der Waals surface area contributed by atoms with E-state index in [0.717, 1.165) is 26.2 Å². The fourth-order valence-electron chi connectivity index (χ4n) is 3.31. The van der Waals surface area contributed by atoms with Gasteiger partial charge in [0.15, 0.2) is 0 Å². The minimum absolute atomic E-state index is 0.413. The summed E-state index contributed by atoms with van der Waals surface area (Å²) in [5, 5.41) is 3.65. The fraction of sp³-hybridized carbons (Fsp3) is 0.667. The van der Waals surface area contributed by atoms with Gasteiger partial charge in [0.2, 0.25) is 0 Å². The van der Waals surface area contributed by atoms with Crippen molar-refractivity contribution in [3.8, 4) is 0 Å². The van der Waals surface area contributed by atoms with E-state index in [0.29, 0.717) is 12.1 Å². The van der Waals surface area contributed by atoms with Gasteiger partial charge in [-0.1, -0.05) is 31.2 Å². The Kier molecular flexibility index (Phi) is 6.68. The van der Waals surface area contributed by atoms with E-state index >= 15 is 0 Å². The maximum atomic E-state index is 5.82. The number of nitrogens with zero attached hydrogens (tertiary/aromatic N) is 1. The van der Waals surface area contributed by atoms with Gasteiger partial charge in [-0.15, -0.1) is 0 Å². The van der Waals surface area contributed by atoms with E-state index in [1.54, 1.807) is 0 Å². The van der Waals surface area contributed by atoms with Gasteiger partial charge in [0.1, 0.15) is 0 Å². The molecule has 1 aromatic rings. The second-order valence-electron chi connectivity index (χ2n) is 5.95. The van der Waals surface area contributed by atoms with Crippen LogP contribution in [0.4, 0.5) is 0 Å². The number of benzene rings is 1. The monoisotopic (exact) mass is 290 g/mol. The van der Waals surface area contributed by atoms with Crippen molar-refractivity contribution in [1.82, 2.24) is 10.2 Å². The van der Waals surface area contributed by atoms with Crippen molar-refractivity contribution < 1.29 is 4.74 Å². The molecule has 3 heteroatoms. The molecule has 1 heterocycles. The summed E-state index contributed by atoms with van der Waals surface area (Å²) in [4.78, 5) is 2.56. The second kappa shape index (κ2) is 8.52. The first-order valence-corrected chi connectivity index (χ1v) is 8.37. The van der Waals surface area contributed by atoms with Crippen molar-refractivity contribution in [2.75, 3.05) is 32.8 Å². The molecule has 0 aromatic heterocycles. The first-order chi connectivity index (χ1) is 10.2. The van der Waals surface area contributed by atoms with Crippen LogP contribution in [0.25, 0.3) is 0 Å². The summed E-state index contributed by atoms with van der Waals surface area (Å²) in [6, 6.07) is 9.14. The normalized spacial score (nSPS) is 21.4. The number of hydrogen-bond donors (Lipinski definition) is 1. The van der Waals surface area contributed by atoms with Crippen molar-refractivity contribution in [2.45, 2.75) is 45.8 Å². The molecule has 1 fully saturated rings. The van der Waals surface area contributed by atoms with Gasteiger partial charge in [0.05, 0.1) is 6.10 Å². The van der Waals surface area contributed by atoms with E-state index in [1.165, 1.54) is 30.5 Å². The topological polar surface area (TPSA) is 24.5 Å². The number of hydrogen-bond acceptors (Lipinski definition) is 3. The highest BCUT2D eigenvalue weighted by Crippen LogP contribution is 2.21. The molecule has 0 aliphatic carbocycles. The van der Waals surface area contributed by atoms with Gasteiger partial charge in [-0.05, 0) is 50.9 Å². The van der Waals surface area contributed by atoms with Crippen LogP contribution >= 0.6 is 0 Å². The minimum atomic E-state index is 0.413. The zero-order chi connectivity index (χ0) is 15.1. The molecule has 0 bridgehead atoms. The maximum absolute atomic E-state index is 5.82. The van der Waals surface area contributed by atoms with Crippen LogP contribution in [-0.4, -0.2) is 43.8 Å². The first kappa shape index (κ1) is 16.5. The molecule has 1 N–H and O–H groups in total. The summed E-state index contributed by atoms with van der Waals surface area (Å²) in [6.45, 7) is 11.6. The van der Waals surface area contributed by atoms with Crippen LogP contribution in [0.1, 0.15) is 43.9 Å². The molecule has 3 nitrogen and oxygen atoms in total. The van der Waals surface area contributed by atoms with Crippen molar-refractivity contribution in [2.24, 2.45) is 0 Å². The SMILES string of the molecule is CCNC(CN1CCCC(OCC)C1)c1ccccc1C. The summed E-state index contributed by atoms with van der Waals surface area (Å²) in [5.74, 6) is 0. The number of piperidine rings is 1. The quantitative estimate of drug-likeness (QED) is 0.835. The molecule has 1 aliphatic rings. The van der Waals surface area contributed by atoms with Crippen LogP contribution in [-0.2, 0) is 4.74 Å². The maximum Gasteiger partial charge on any atom is 0.0702 e. The Balaban J connectivity index is 2.01. The number of aryl methyl sites for hydroxylation is 1. The molecule has 0 amide bonds. The van der Waals surface area contributed by atoms with Gasteiger partial charge < -0.3 is 10.1 Å². The van der Waals surface area contributed by atoms with Crippen LogP contribution in [0.5, 0.6) is 0 Å². The lowest BCUT2D eigenvalue weighted by Crippen LogP contribution is -2.44. The molecule has 1 aromatic carbocycles. The lowest BCUT2D eigenvalue weighted by Gasteiger charge is -2.35. The summed E-state index contributed by atoms with van der Waals surface area (Å²) in [5.41, 5.74) is 2.81. The Morgan fingerprint density at radius 1 is 1.33 bits per heavy atom. The Labute approximate surface area is 129 Å². The standard InChI is InChI=1S/C18H30N2O/c1-4-19-18(17-11-7-6-9-15(17)3)14-20-12-8-10-16(13-20)21-5-2/h6-7,9,11,16,18-19H,4-5,8,10,12-14H2,1-3H3. The second-order valence-corrected chi connectivity index (χ2v) is 5.95. The predicted octanol–water partition coefficient (Wildman–Crippen LogP) is 3.15. The third-order valence-electron chi connectivity index (χ3n) is 4.32. The molecular formula is C18H30N2O. The lowest BCUT2D eigenvalue weighted by atomic mass is 9.99. The number of rotatable bonds is 7. The molecule has 1 aliphatic heterocycles. The Morgan fingerprint density at radius 2 is 2.14 bits per heavy atom. The minimum Gasteiger partial charge on any atom is -0.377 e. The molecule has 21 heavy (non-hydrogen) atoms. The smallest absolute Gasteiger partial charge is 0.0702 e. The van der Waals surface area contributed by atoms with Crippen molar-refractivity contribution in [3.05, 3.63) is 35.4 Å². The van der Waals surface area contributed by atoms with E-state index in [2.05, 4.69) is 55.3 Å². The molecule has 2 unspecified atom stereocenters. The van der Waals surface area contributed by atoms with Crippen molar-refractivity contribution >= 4 is 0 Å². The summed E-state index contributed by atoms with van der Waals surface area (Å²) in [7, 11) is 0.